The van der Waals surface area contributed by atoms with Crippen molar-refractivity contribution in [3.63, 3.8) is 0 Å². The highest BCUT2D eigenvalue weighted by Gasteiger charge is 2.27. The van der Waals surface area contributed by atoms with Crippen LogP contribution in [0.1, 0.15) is 12.5 Å². The number of nitrogens with zero attached hydrogens (tertiary/aromatic N) is 2. The van der Waals surface area contributed by atoms with Crippen LogP contribution in [-0.4, -0.2) is 45.0 Å². The molecule has 3 amide bonds. The van der Waals surface area contributed by atoms with E-state index in [9.17, 15) is 26.8 Å². The van der Waals surface area contributed by atoms with Gasteiger partial charge in [0.25, 0.3) is 0 Å². The number of carbonyl (C=O) groups is 2. The summed E-state index contributed by atoms with van der Waals surface area (Å²) in [7, 11) is -2.68. The molecule has 1 aromatic heterocycles. The normalized spacial score (nSPS) is 12.4. The molecular weight excluding hydrogens is 476 g/mol. The summed E-state index contributed by atoms with van der Waals surface area (Å²) in [6, 6.07) is 5.38. The van der Waals surface area contributed by atoms with Crippen molar-refractivity contribution in [3.05, 3.63) is 59.1 Å². The van der Waals surface area contributed by atoms with Crippen molar-refractivity contribution >= 4 is 49.4 Å². The Kier molecular flexibility index (Phi) is 7.56. The molecular formula is C20H21F2N5O4S2. The number of amides is 3. The molecule has 0 fully saturated rings. The van der Waals surface area contributed by atoms with Gasteiger partial charge in [0.2, 0.25) is 5.91 Å². The Morgan fingerprint density at radius 3 is 2.52 bits per heavy atom. The van der Waals surface area contributed by atoms with Crippen LogP contribution in [0.25, 0.3) is 10.2 Å². The van der Waals surface area contributed by atoms with Gasteiger partial charge in [-0.2, -0.15) is 13.1 Å². The zero-order chi connectivity index (χ0) is 24.2. The number of halogens is 2. The summed E-state index contributed by atoms with van der Waals surface area (Å²) in [5.74, 6) is -2.33. The Hall–Kier alpha value is -3.16. The van der Waals surface area contributed by atoms with Gasteiger partial charge in [-0.3, -0.25) is 4.79 Å². The van der Waals surface area contributed by atoms with Gasteiger partial charge < -0.3 is 10.2 Å². The first-order chi connectivity index (χ1) is 15.6. The number of aromatic nitrogens is 1. The van der Waals surface area contributed by atoms with E-state index in [0.29, 0.717) is 17.3 Å². The number of benzene rings is 2. The van der Waals surface area contributed by atoms with Crippen LogP contribution in [0.3, 0.4) is 0 Å². The molecule has 1 atom stereocenters. The number of fused-ring (bicyclic) bond motifs is 1. The Balaban J connectivity index is 1.86. The first-order valence-electron chi connectivity index (χ1n) is 9.71. The summed E-state index contributed by atoms with van der Waals surface area (Å²) >= 11 is 1.43. The second kappa shape index (κ2) is 10.2. The van der Waals surface area contributed by atoms with E-state index in [0.717, 1.165) is 16.8 Å². The summed E-state index contributed by atoms with van der Waals surface area (Å²) in [4.78, 5) is 31.0. The number of anilines is 1. The Morgan fingerprint density at radius 2 is 1.85 bits per heavy atom. The summed E-state index contributed by atoms with van der Waals surface area (Å²) in [6.45, 7) is 1.56. The summed E-state index contributed by atoms with van der Waals surface area (Å²) in [5, 5.41) is 2.28. The number of hydrogen-bond donors (Lipinski definition) is 3. The van der Waals surface area contributed by atoms with Gasteiger partial charge in [-0.05, 0) is 35.9 Å². The zero-order valence-electron chi connectivity index (χ0n) is 17.6. The largest absolute Gasteiger partial charge is 0.330 e. The lowest BCUT2D eigenvalue weighted by Gasteiger charge is -2.25. The lowest BCUT2D eigenvalue weighted by Crippen LogP contribution is -2.54. The molecule has 0 bridgehead atoms. The lowest BCUT2D eigenvalue weighted by molar-refractivity contribution is -0.120. The third kappa shape index (κ3) is 6.43. The Bertz CT molecular complexity index is 1260. The second-order valence-electron chi connectivity index (χ2n) is 7.01. The minimum atomic E-state index is -4.14. The number of hydrogen-bond acceptors (Lipinski definition) is 6. The van der Waals surface area contributed by atoms with Gasteiger partial charge in [0.1, 0.15) is 17.7 Å². The van der Waals surface area contributed by atoms with Crippen molar-refractivity contribution in [1.82, 2.24) is 19.7 Å². The number of carbonyl (C=O) groups excluding carboxylic acids is 2. The van der Waals surface area contributed by atoms with Crippen molar-refractivity contribution in [1.29, 1.82) is 0 Å². The third-order valence-corrected chi connectivity index (χ3v) is 6.49. The number of thiazole rings is 1. The molecule has 0 aliphatic rings. The molecule has 0 aliphatic carbocycles. The highest BCUT2D eigenvalue weighted by Crippen LogP contribution is 2.24. The minimum Gasteiger partial charge on any atom is -0.325 e. The van der Waals surface area contributed by atoms with E-state index in [-0.39, 0.29) is 18.5 Å². The standard InChI is InChI=1S/C20H21F2N5O4S2/c1-3-24-33(30,31)26-20(29)25-17(8-12-6-13(21)9-14(22)7-12)19(28)27(2)15-4-5-18-16(10-15)23-11-32-18/h4-7,9-11,17,24H,3,8H2,1-2H3,(H2,25,26,29)/t17-/m0/s1. The molecule has 0 unspecified atom stereocenters. The average molecular weight is 498 g/mol. The van der Waals surface area contributed by atoms with E-state index < -0.39 is 39.8 Å². The van der Waals surface area contributed by atoms with Crippen molar-refractivity contribution in [2.75, 3.05) is 18.5 Å². The van der Waals surface area contributed by atoms with E-state index in [1.165, 1.54) is 30.2 Å². The molecule has 3 rings (SSSR count). The first kappa shape index (κ1) is 24.5. The van der Waals surface area contributed by atoms with Gasteiger partial charge in [0.15, 0.2) is 0 Å². The van der Waals surface area contributed by atoms with Gasteiger partial charge in [-0.1, -0.05) is 6.92 Å². The van der Waals surface area contributed by atoms with Crippen LogP contribution in [-0.2, 0) is 21.4 Å². The van der Waals surface area contributed by atoms with Crippen molar-refractivity contribution in [2.24, 2.45) is 0 Å². The van der Waals surface area contributed by atoms with E-state index in [4.69, 9.17) is 0 Å². The van der Waals surface area contributed by atoms with Gasteiger partial charge in [0.05, 0.1) is 15.7 Å². The molecule has 0 saturated carbocycles. The molecule has 33 heavy (non-hydrogen) atoms. The maximum absolute atomic E-state index is 13.7. The molecule has 0 saturated heterocycles. The fraction of sp³-hybridized carbons (Fsp3) is 0.250. The SMILES string of the molecule is CCNS(=O)(=O)NC(=O)N[C@@H](Cc1cc(F)cc(F)c1)C(=O)N(C)c1ccc2scnc2c1. The molecule has 9 nitrogen and oxygen atoms in total. The fourth-order valence-corrected chi connectivity index (χ4v) is 4.53. The topological polar surface area (TPSA) is 120 Å². The predicted octanol–water partition coefficient (Wildman–Crippen LogP) is 2.30. The maximum atomic E-state index is 13.7. The molecule has 1 heterocycles. The van der Waals surface area contributed by atoms with Gasteiger partial charge in [-0.15, -0.1) is 11.3 Å². The molecule has 13 heteroatoms. The third-order valence-electron chi connectivity index (χ3n) is 4.56. The van der Waals surface area contributed by atoms with Crippen LogP contribution >= 0.6 is 11.3 Å². The number of likely N-dealkylation sites (N-methyl/N-ethyl adjacent to an activating group) is 1. The maximum Gasteiger partial charge on any atom is 0.330 e. The molecule has 2 aromatic carbocycles. The van der Waals surface area contributed by atoms with Crippen LogP contribution < -0.4 is 19.7 Å². The number of rotatable bonds is 8. The smallest absolute Gasteiger partial charge is 0.325 e. The fourth-order valence-electron chi connectivity index (χ4n) is 3.12. The molecule has 0 spiro atoms. The first-order valence-corrected chi connectivity index (χ1v) is 12.1. The van der Waals surface area contributed by atoms with Crippen LogP contribution in [0.4, 0.5) is 19.3 Å². The van der Waals surface area contributed by atoms with E-state index in [2.05, 4.69) is 15.0 Å². The summed E-state index contributed by atoms with van der Waals surface area (Å²) < 4.78 is 55.7. The van der Waals surface area contributed by atoms with E-state index in [1.807, 2.05) is 0 Å². The highest BCUT2D eigenvalue weighted by atomic mass is 32.2. The van der Waals surface area contributed by atoms with Crippen molar-refractivity contribution in [2.45, 2.75) is 19.4 Å². The Labute approximate surface area is 193 Å². The monoisotopic (exact) mass is 497 g/mol. The quantitative estimate of drug-likeness (QED) is 0.441. The van der Waals surface area contributed by atoms with Crippen molar-refractivity contribution < 1.29 is 26.8 Å². The van der Waals surface area contributed by atoms with Crippen LogP contribution in [0.2, 0.25) is 0 Å². The van der Waals surface area contributed by atoms with E-state index in [1.54, 1.807) is 28.4 Å². The highest BCUT2D eigenvalue weighted by molar-refractivity contribution is 7.88. The summed E-state index contributed by atoms with van der Waals surface area (Å²) in [6.07, 6.45) is -0.286. The minimum absolute atomic E-state index is 0.0371. The molecule has 176 valence electrons. The lowest BCUT2D eigenvalue weighted by atomic mass is 10.0. The molecule has 3 N–H and O–H groups in total. The van der Waals surface area contributed by atoms with Crippen LogP contribution in [0.15, 0.2) is 41.9 Å². The molecule has 0 radical (unpaired) electrons. The molecule has 0 aliphatic heterocycles. The van der Waals surface area contributed by atoms with Gasteiger partial charge in [-0.25, -0.2) is 23.3 Å². The molecule has 3 aromatic rings. The second-order valence-corrected chi connectivity index (χ2v) is 9.40. The van der Waals surface area contributed by atoms with E-state index >= 15 is 0 Å². The van der Waals surface area contributed by atoms with Gasteiger partial charge in [0, 0.05) is 31.8 Å². The predicted molar refractivity (Wildman–Crippen MR) is 121 cm³/mol. The van der Waals surface area contributed by atoms with Crippen LogP contribution in [0.5, 0.6) is 0 Å². The van der Waals surface area contributed by atoms with Gasteiger partial charge >= 0.3 is 16.2 Å². The van der Waals surface area contributed by atoms with Crippen molar-refractivity contribution in [3.8, 4) is 0 Å². The average Bonchev–Trinajstić information content (AvgIpc) is 3.18. The Morgan fingerprint density at radius 1 is 1.15 bits per heavy atom. The number of nitrogens with one attached hydrogen (secondary N) is 3. The zero-order valence-corrected chi connectivity index (χ0v) is 19.3. The summed E-state index contributed by atoms with van der Waals surface area (Å²) in [5.41, 5.74) is 2.90. The number of urea groups is 1. The van der Waals surface area contributed by atoms with Crippen LogP contribution in [0, 0.1) is 11.6 Å².